The lowest BCUT2D eigenvalue weighted by molar-refractivity contribution is -0.122. The zero-order chi connectivity index (χ0) is 17.9. The number of nitrogens with one attached hydrogen (secondary N) is 2. The van der Waals surface area contributed by atoms with Crippen molar-refractivity contribution in [3.63, 3.8) is 0 Å². The summed E-state index contributed by atoms with van der Waals surface area (Å²) in [7, 11) is 0. The Bertz CT molecular complexity index is 906. The van der Waals surface area contributed by atoms with Gasteiger partial charge in [-0.25, -0.2) is 4.98 Å². The molecular weight excluding hydrogens is 328 g/mol. The minimum absolute atomic E-state index is 0.0518. The number of hydrogen-bond donors (Lipinski definition) is 2. The number of hydrogen-bond acceptors (Lipinski definition) is 4. The zero-order valence-electron chi connectivity index (χ0n) is 15.0. The molecule has 0 saturated carbocycles. The molecule has 4 rings (SSSR count). The Hall–Kier alpha value is -2.67. The fourth-order valence-corrected chi connectivity index (χ4v) is 3.51. The van der Waals surface area contributed by atoms with Crippen LogP contribution in [-0.2, 0) is 17.9 Å². The van der Waals surface area contributed by atoms with Crippen LogP contribution in [0.1, 0.15) is 35.7 Å². The van der Waals surface area contributed by atoms with Crippen molar-refractivity contribution in [3.8, 4) is 0 Å². The van der Waals surface area contributed by atoms with Crippen molar-refractivity contribution < 1.29 is 4.79 Å². The third-order valence-electron chi connectivity index (χ3n) is 4.96. The monoisotopic (exact) mass is 352 g/mol. The van der Waals surface area contributed by atoms with Crippen molar-refractivity contribution in [2.24, 2.45) is 0 Å². The van der Waals surface area contributed by atoms with E-state index in [1.165, 1.54) is 6.42 Å². The van der Waals surface area contributed by atoms with Gasteiger partial charge in [0.2, 0.25) is 5.91 Å². The number of imidazole rings is 1. The molecule has 3 aromatic heterocycles. The molecule has 0 aliphatic carbocycles. The van der Waals surface area contributed by atoms with E-state index in [0.29, 0.717) is 12.5 Å². The lowest BCUT2D eigenvalue weighted by Gasteiger charge is -2.20. The SMILES string of the molecule is Cc1cccn2c(CNC(=O)Cn3ccc(C4CCCNC4)n3)cnc12. The molecule has 1 aliphatic rings. The van der Waals surface area contributed by atoms with Crippen LogP contribution in [0.2, 0.25) is 0 Å². The molecular formula is C19H24N6O. The standard InChI is InChI=1S/C19H24N6O/c1-14-4-3-8-25-16(12-22-19(14)25)11-21-18(26)13-24-9-6-17(23-24)15-5-2-7-20-10-15/h3-4,6,8-9,12,15,20H,2,5,7,10-11,13H2,1H3,(H,21,26). The molecule has 0 spiro atoms. The highest BCUT2D eigenvalue weighted by Crippen LogP contribution is 2.21. The molecule has 1 amide bonds. The second-order valence-corrected chi connectivity index (χ2v) is 6.89. The van der Waals surface area contributed by atoms with Gasteiger partial charge in [0.1, 0.15) is 12.2 Å². The van der Waals surface area contributed by atoms with Crippen LogP contribution < -0.4 is 10.6 Å². The summed E-state index contributed by atoms with van der Waals surface area (Å²) < 4.78 is 3.73. The molecule has 1 atom stereocenters. The average molecular weight is 352 g/mol. The van der Waals surface area contributed by atoms with Crippen molar-refractivity contribution in [2.45, 2.75) is 38.8 Å². The summed E-state index contributed by atoms with van der Waals surface area (Å²) in [6.07, 6.45) is 8.00. The lowest BCUT2D eigenvalue weighted by Crippen LogP contribution is -2.29. The average Bonchev–Trinajstić information content (AvgIpc) is 3.29. The number of pyridine rings is 1. The van der Waals surface area contributed by atoms with E-state index in [9.17, 15) is 4.79 Å². The fourth-order valence-electron chi connectivity index (χ4n) is 3.51. The predicted octanol–water partition coefficient (Wildman–Crippen LogP) is 1.62. The van der Waals surface area contributed by atoms with Crippen LogP contribution in [0.4, 0.5) is 0 Å². The van der Waals surface area contributed by atoms with Crippen LogP contribution in [0.3, 0.4) is 0 Å². The van der Waals surface area contributed by atoms with E-state index in [2.05, 4.69) is 20.7 Å². The molecule has 0 radical (unpaired) electrons. The first-order chi connectivity index (χ1) is 12.7. The molecule has 1 saturated heterocycles. The molecule has 3 aromatic rings. The first kappa shape index (κ1) is 16.8. The van der Waals surface area contributed by atoms with Gasteiger partial charge in [0, 0.05) is 24.9 Å². The molecule has 0 aromatic carbocycles. The van der Waals surface area contributed by atoms with Crippen molar-refractivity contribution in [3.05, 3.63) is 53.7 Å². The third-order valence-corrected chi connectivity index (χ3v) is 4.96. The molecule has 136 valence electrons. The number of aryl methyl sites for hydroxylation is 1. The summed E-state index contributed by atoms with van der Waals surface area (Å²) in [5.41, 5.74) is 4.08. The summed E-state index contributed by atoms with van der Waals surface area (Å²) in [5, 5.41) is 10.9. The van der Waals surface area contributed by atoms with Crippen LogP contribution in [0.15, 0.2) is 36.8 Å². The fraction of sp³-hybridized carbons (Fsp3) is 0.421. The van der Waals surface area contributed by atoms with Crippen molar-refractivity contribution in [1.29, 1.82) is 0 Å². The Morgan fingerprint density at radius 2 is 2.31 bits per heavy atom. The van der Waals surface area contributed by atoms with Crippen molar-refractivity contribution in [2.75, 3.05) is 13.1 Å². The molecule has 7 heteroatoms. The van der Waals surface area contributed by atoms with Crippen LogP contribution in [0.5, 0.6) is 0 Å². The van der Waals surface area contributed by atoms with E-state index < -0.39 is 0 Å². The lowest BCUT2D eigenvalue weighted by atomic mass is 9.97. The van der Waals surface area contributed by atoms with Gasteiger partial charge in [0.15, 0.2) is 0 Å². The number of amides is 1. The highest BCUT2D eigenvalue weighted by Gasteiger charge is 2.18. The Kier molecular flexibility index (Phi) is 4.71. The maximum atomic E-state index is 12.3. The minimum atomic E-state index is -0.0518. The molecule has 0 bridgehead atoms. The molecule has 7 nitrogen and oxygen atoms in total. The zero-order valence-corrected chi connectivity index (χ0v) is 15.0. The number of piperidine rings is 1. The van der Waals surface area contributed by atoms with Gasteiger partial charge in [0.05, 0.1) is 24.1 Å². The van der Waals surface area contributed by atoms with Crippen LogP contribution in [-0.4, -0.2) is 38.2 Å². The third kappa shape index (κ3) is 3.48. The summed E-state index contributed by atoms with van der Waals surface area (Å²) in [6.45, 7) is 4.77. The van der Waals surface area contributed by atoms with E-state index in [0.717, 1.165) is 42.1 Å². The van der Waals surface area contributed by atoms with Crippen LogP contribution >= 0.6 is 0 Å². The molecule has 2 N–H and O–H groups in total. The first-order valence-corrected chi connectivity index (χ1v) is 9.13. The number of fused-ring (bicyclic) bond motifs is 1. The highest BCUT2D eigenvalue weighted by molar-refractivity contribution is 5.75. The summed E-state index contributed by atoms with van der Waals surface area (Å²) in [6, 6.07) is 6.04. The van der Waals surface area contributed by atoms with Gasteiger partial charge in [-0.05, 0) is 44.0 Å². The van der Waals surface area contributed by atoms with Gasteiger partial charge in [0.25, 0.3) is 0 Å². The van der Waals surface area contributed by atoms with Gasteiger partial charge in [-0.15, -0.1) is 0 Å². The van der Waals surface area contributed by atoms with E-state index in [1.807, 2.05) is 48.1 Å². The molecule has 1 unspecified atom stereocenters. The maximum Gasteiger partial charge on any atom is 0.242 e. The number of carbonyl (C=O) groups excluding carboxylic acids is 1. The molecule has 26 heavy (non-hydrogen) atoms. The van der Waals surface area contributed by atoms with E-state index in [4.69, 9.17) is 0 Å². The van der Waals surface area contributed by atoms with Gasteiger partial charge in [-0.3, -0.25) is 9.48 Å². The quantitative estimate of drug-likeness (QED) is 0.732. The van der Waals surface area contributed by atoms with Gasteiger partial charge in [-0.2, -0.15) is 5.10 Å². The highest BCUT2D eigenvalue weighted by atomic mass is 16.2. The van der Waals surface area contributed by atoms with E-state index in [1.54, 1.807) is 4.68 Å². The largest absolute Gasteiger partial charge is 0.349 e. The molecule has 1 aliphatic heterocycles. The number of rotatable bonds is 5. The molecule has 4 heterocycles. The van der Waals surface area contributed by atoms with Crippen molar-refractivity contribution in [1.82, 2.24) is 29.8 Å². The first-order valence-electron chi connectivity index (χ1n) is 9.13. The number of aromatic nitrogens is 4. The topological polar surface area (TPSA) is 76.2 Å². The second-order valence-electron chi connectivity index (χ2n) is 6.89. The van der Waals surface area contributed by atoms with Crippen molar-refractivity contribution >= 4 is 11.6 Å². The van der Waals surface area contributed by atoms with E-state index in [-0.39, 0.29) is 12.5 Å². The second kappa shape index (κ2) is 7.29. The van der Waals surface area contributed by atoms with Crippen LogP contribution in [0, 0.1) is 6.92 Å². The van der Waals surface area contributed by atoms with E-state index >= 15 is 0 Å². The normalized spacial score (nSPS) is 17.5. The Labute approximate surface area is 152 Å². The minimum Gasteiger partial charge on any atom is -0.349 e. The predicted molar refractivity (Wildman–Crippen MR) is 98.8 cm³/mol. The smallest absolute Gasteiger partial charge is 0.242 e. The Morgan fingerprint density at radius 3 is 3.15 bits per heavy atom. The maximum absolute atomic E-state index is 12.3. The number of nitrogens with zero attached hydrogens (tertiary/aromatic N) is 4. The molecule has 1 fully saturated rings. The van der Waals surface area contributed by atoms with Gasteiger partial charge < -0.3 is 15.0 Å². The van der Waals surface area contributed by atoms with Crippen LogP contribution in [0.25, 0.3) is 5.65 Å². The summed E-state index contributed by atoms with van der Waals surface area (Å²) >= 11 is 0. The summed E-state index contributed by atoms with van der Waals surface area (Å²) in [5.74, 6) is 0.401. The summed E-state index contributed by atoms with van der Waals surface area (Å²) in [4.78, 5) is 16.7. The van der Waals surface area contributed by atoms with Gasteiger partial charge >= 0.3 is 0 Å². The Balaban J connectivity index is 1.35. The van der Waals surface area contributed by atoms with Gasteiger partial charge in [-0.1, -0.05) is 6.07 Å². The Morgan fingerprint density at radius 1 is 1.38 bits per heavy atom. The number of carbonyl (C=O) groups is 1.